The molecule has 0 bridgehead atoms. The van der Waals surface area contributed by atoms with Crippen molar-refractivity contribution in [3.63, 3.8) is 0 Å². The summed E-state index contributed by atoms with van der Waals surface area (Å²) in [6.07, 6.45) is 0.606. The van der Waals surface area contributed by atoms with Gasteiger partial charge in [0.05, 0.1) is 19.3 Å². The summed E-state index contributed by atoms with van der Waals surface area (Å²) in [5.74, 6) is -1.48. The number of hydrogen-bond donors (Lipinski definition) is 1. The van der Waals surface area contributed by atoms with Gasteiger partial charge < -0.3 is 9.64 Å². The summed E-state index contributed by atoms with van der Waals surface area (Å²) in [6.45, 7) is 0.771. The number of H-pyrrole nitrogens is 1. The molecule has 1 aliphatic heterocycles. The number of carbonyl (C=O) groups excluding carboxylic acids is 2. The van der Waals surface area contributed by atoms with Crippen molar-refractivity contribution in [1.82, 2.24) is 20.3 Å². The third-order valence-electron chi connectivity index (χ3n) is 2.31. The predicted molar refractivity (Wildman–Crippen MR) is 47.5 cm³/mol. The van der Waals surface area contributed by atoms with Gasteiger partial charge in [-0.1, -0.05) is 0 Å². The molecule has 0 atom stereocenters. The van der Waals surface area contributed by atoms with Crippen LogP contribution in [0.3, 0.4) is 0 Å². The van der Waals surface area contributed by atoms with Crippen molar-refractivity contribution in [3.05, 3.63) is 11.4 Å². The summed E-state index contributed by atoms with van der Waals surface area (Å²) in [6, 6.07) is 0. The Hall–Kier alpha value is -1.92. The molecule has 80 valence electrons. The number of nitrogens with one attached hydrogen (secondary N) is 1. The number of amides is 1. The number of esters is 1. The van der Waals surface area contributed by atoms with Crippen molar-refractivity contribution in [3.8, 4) is 0 Å². The van der Waals surface area contributed by atoms with Gasteiger partial charge in [-0.15, -0.1) is 0 Å². The van der Waals surface area contributed by atoms with Gasteiger partial charge in [0.15, 0.2) is 0 Å². The van der Waals surface area contributed by atoms with Gasteiger partial charge in [-0.3, -0.25) is 4.79 Å². The van der Waals surface area contributed by atoms with Gasteiger partial charge >= 0.3 is 11.9 Å². The molecular formula is C8H10N4O3. The Balaban J connectivity index is 2.10. The van der Waals surface area contributed by atoms with Crippen LogP contribution in [0.15, 0.2) is 0 Å². The number of methoxy groups -OCH3 is 1. The number of nitrogens with zero attached hydrogens (tertiary/aromatic N) is 3. The lowest BCUT2D eigenvalue weighted by atomic mass is 10.1. The van der Waals surface area contributed by atoms with Gasteiger partial charge in [-0.05, 0) is 0 Å². The maximum atomic E-state index is 11.5. The Labute approximate surface area is 85.4 Å². The molecule has 1 amide bonds. The van der Waals surface area contributed by atoms with E-state index in [9.17, 15) is 9.59 Å². The summed E-state index contributed by atoms with van der Waals surface area (Å²) in [5, 5.41) is 10.3. The first-order valence-corrected chi connectivity index (χ1v) is 4.48. The Morgan fingerprint density at radius 1 is 1.40 bits per heavy atom. The van der Waals surface area contributed by atoms with Crippen molar-refractivity contribution in [2.75, 3.05) is 13.7 Å². The maximum absolute atomic E-state index is 11.5. The minimum Gasteiger partial charge on any atom is -0.462 e. The van der Waals surface area contributed by atoms with Crippen molar-refractivity contribution >= 4 is 11.9 Å². The van der Waals surface area contributed by atoms with Gasteiger partial charge in [0, 0.05) is 13.0 Å². The van der Waals surface area contributed by atoms with E-state index in [1.54, 1.807) is 0 Å². The molecule has 1 aromatic rings. The fourth-order valence-electron chi connectivity index (χ4n) is 1.49. The zero-order valence-electron chi connectivity index (χ0n) is 8.19. The second kappa shape index (κ2) is 3.68. The third kappa shape index (κ3) is 1.67. The van der Waals surface area contributed by atoms with Crippen LogP contribution in [0.2, 0.25) is 0 Å². The lowest BCUT2D eigenvalue weighted by Gasteiger charge is -2.23. The Morgan fingerprint density at radius 2 is 2.13 bits per heavy atom. The number of aromatic amines is 1. The van der Waals surface area contributed by atoms with E-state index in [1.165, 1.54) is 12.0 Å². The standard InChI is InChI=1S/C8H10N4O3/c1-15-8(14)7(13)12-3-2-5-6(4-12)10-11-9-5/h2-4H2,1H3,(H,9,10,11). The smallest absolute Gasteiger partial charge is 0.396 e. The average molecular weight is 210 g/mol. The Morgan fingerprint density at radius 3 is 2.87 bits per heavy atom. The van der Waals surface area contributed by atoms with Crippen LogP contribution in [0.25, 0.3) is 0 Å². The van der Waals surface area contributed by atoms with E-state index >= 15 is 0 Å². The largest absolute Gasteiger partial charge is 0.462 e. The topological polar surface area (TPSA) is 88.2 Å². The first kappa shape index (κ1) is 9.63. The molecule has 0 saturated heterocycles. The van der Waals surface area contributed by atoms with Crippen LogP contribution < -0.4 is 0 Å². The fraction of sp³-hybridized carbons (Fsp3) is 0.500. The van der Waals surface area contributed by atoms with Crippen molar-refractivity contribution in [2.24, 2.45) is 0 Å². The number of rotatable bonds is 0. The number of aromatic nitrogens is 3. The minimum atomic E-state index is -0.845. The SMILES string of the molecule is COC(=O)C(=O)N1CCc2n[nH]nc2C1. The van der Waals surface area contributed by atoms with Crippen molar-refractivity contribution in [2.45, 2.75) is 13.0 Å². The summed E-state index contributed by atoms with van der Waals surface area (Å²) in [4.78, 5) is 23.9. The molecule has 1 N–H and O–H groups in total. The average Bonchev–Trinajstić information content (AvgIpc) is 2.73. The normalized spacial score (nSPS) is 14.6. The van der Waals surface area contributed by atoms with Crippen LogP contribution in [-0.4, -0.2) is 45.8 Å². The van der Waals surface area contributed by atoms with E-state index in [1.807, 2.05) is 0 Å². The molecule has 2 rings (SSSR count). The zero-order chi connectivity index (χ0) is 10.8. The summed E-state index contributed by atoms with van der Waals surface area (Å²) in [5.41, 5.74) is 1.56. The zero-order valence-corrected chi connectivity index (χ0v) is 8.19. The Bertz CT molecular complexity index is 400. The van der Waals surface area contributed by atoms with Crippen LogP contribution >= 0.6 is 0 Å². The highest BCUT2D eigenvalue weighted by Gasteiger charge is 2.28. The van der Waals surface area contributed by atoms with Gasteiger partial charge in [0.1, 0.15) is 5.69 Å². The predicted octanol–water partition coefficient (Wildman–Crippen LogP) is -1.14. The number of fused-ring (bicyclic) bond motifs is 1. The molecule has 2 heterocycles. The van der Waals surface area contributed by atoms with Gasteiger partial charge in [-0.2, -0.15) is 15.4 Å². The Kier molecular flexibility index (Phi) is 2.36. The fourth-order valence-corrected chi connectivity index (χ4v) is 1.49. The first-order valence-electron chi connectivity index (χ1n) is 4.48. The van der Waals surface area contributed by atoms with Gasteiger partial charge in [0.25, 0.3) is 0 Å². The molecule has 0 aliphatic carbocycles. The van der Waals surface area contributed by atoms with E-state index in [0.29, 0.717) is 25.2 Å². The third-order valence-corrected chi connectivity index (χ3v) is 2.31. The summed E-state index contributed by atoms with van der Waals surface area (Å²) >= 11 is 0. The molecular weight excluding hydrogens is 200 g/mol. The molecule has 0 radical (unpaired) electrons. The van der Waals surface area contributed by atoms with Gasteiger partial charge in [0.2, 0.25) is 0 Å². The maximum Gasteiger partial charge on any atom is 0.396 e. The molecule has 0 spiro atoms. The lowest BCUT2D eigenvalue weighted by Crippen LogP contribution is -2.40. The quantitative estimate of drug-likeness (QED) is 0.432. The van der Waals surface area contributed by atoms with Gasteiger partial charge in [-0.25, -0.2) is 4.79 Å². The molecule has 0 fully saturated rings. The molecule has 7 heteroatoms. The molecule has 15 heavy (non-hydrogen) atoms. The van der Waals surface area contributed by atoms with Crippen molar-refractivity contribution < 1.29 is 14.3 Å². The second-order valence-corrected chi connectivity index (χ2v) is 3.19. The van der Waals surface area contributed by atoms with E-state index in [2.05, 4.69) is 20.1 Å². The first-order chi connectivity index (χ1) is 7.22. The van der Waals surface area contributed by atoms with E-state index in [4.69, 9.17) is 0 Å². The minimum absolute atomic E-state index is 0.305. The number of hydrogen-bond acceptors (Lipinski definition) is 5. The summed E-state index contributed by atoms with van der Waals surface area (Å²) in [7, 11) is 1.19. The number of ether oxygens (including phenoxy) is 1. The van der Waals surface area contributed by atoms with E-state index < -0.39 is 11.9 Å². The molecule has 0 saturated carbocycles. The molecule has 1 aliphatic rings. The molecule has 0 aromatic carbocycles. The van der Waals surface area contributed by atoms with Crippen molar-refractivity contribution in [1.29, 1.82) is 0 Å². The highest BCUT2D eigenvalue weighted by molar-refractivity contribution is 6.32. The van der Waals surface area contributed by atoms with E-state index in [-0.39, 0.29) is 0 Å². The number of carbonyl (C=O) groups is 2. The highest BCUT2D eigenvalue weighted by atomic mass is 16.5. The van der Waals surface area contributed by atoms with Crippen LogP contribution in [0, 0.1) is 0 Å². The van der Waals surface area contributed by atoms with E-state index in [0.717, 1.165) is 5.69 Å². The summed E-state index contributed by atoms with van der Waals surface area (Å²) < 4.78 is 4.36. The monoisotopic (exact) mass is 210 g/mol. The lowest BCUT2D eigenvalue weighted by molar-refractivity contribution is -0.158. The highest BCUT2D eigenvalue weighted by Crippen LogP contribution is 2.13. The van der Waals surface area contributed by atoms with Crippen LogP contribution in [0.4, 0.5) is 0 Å². The van der Waals surface area contributed by atoms with Crippen LogP contribution in [0.5, 0.6) is 0 Å². The second-order valence-electron chi connectivity index (χ2n) is 3.19. The molecule has 7 nitrogen and oxygen atoms in total. The van der Waals surface area contributed by atoms with Crippen LogP contribution in [-0.2, 0) is 27.3 Å². The molecule has 0 unspecified atom stereocenters. The molecule has 1 aromatic heterocycles. The van der Waals surface area contributed by atoms with Crippen LogP contribution in [0.1, 0.15) is 11.4 Å².